The van der Waals surface area contributed by atoms with Gasteiger partial charge in [-0.15, -0.1) is 4.80 Å². The maximum atomic E-state index is 13.9. The molecule has 0 saturated heterocycles. The van der Waals surface area contributed by atoms with E-state index in [1.807, 2.05) is 32.9 Å². The third kappa shape index (κ3) is 4.41. The smallest absolute Gasteiger partial charge is 0.333 e. The molecule has 0 bridgehead atoms. The lowest BCUT2D eigenvalue weighted by atomic mass is 10.0. The van der Waals surface area contributed by atoms with Crippen molar-refractivity contribution in [1.82, 2.24) is 29.4 Å². The molecule has 4 rings (SSSR count). The maximum absolute atomic E-state index is 13.9. The summed E-state index contributed by atoms with van der Waals surface area (Å²) in [5.74, 6) is -0.388. The molecule has 3 aromatic heterocycles. The lowest BCUT2D eigenvalue weighted by molar-refractivity contribution is -0.129. The van der Waals surface area contributed by atoms with E-state index in [9.17, 15) is 14.4 Å². The van der Waals surface area contributed by atoms with Gasteiger partial charge in [-0.1, -0.05) is 42.5 Å². The molecule has 36 heavy (non-hydrogen) atoms. The Morgan fingerprint density at radius 1 is 1.11 bits per heavy atom. The van der Waals surface area contributed by atoms with E-state index in [4.69, 9.17) is 0 Å². The van der Waals surface area contributed by atoms with E-state index in [0.29, 0.717) is 33.7 Å². The summed E-state index contributed by atoms with van der Waals surface area (Å²) < 4.78 is 2.72. The quantitative estimate of drug-likeness (QED) is 0.394. The molecule has 0 saturated carbocycles. The van der Waals surface area contributed by atoms with Gasteiger partial charge in [0.05, 0.1) is 17.8 Å². The first kappa shape index (κ1) is 25.6. The number of nitrogens with one attached hydrogen (secondary N) is 1. The molecule has 190 valence electrons. The van der Waals surface area contributed by atoms with Crippen LogP contribution in [-0.4, -0.2) is 36.1 Å². The first-order valence-electron chi connectivity index (χ1n) is 12.1. The maximum Gasteiger partial charge on any atom is 0.333 e. The number of hydrogen-bond acceptors (Lipinski definition) is 6. The number of hydrogen-bond donors (Lipinski definition) is 1. The zero-order valence-electron chi connectivity index (χ0n) is 21.5. The SMILES string of the molecule is CCc1ccccc1CCn1c(=O)n(C(C)(C)C(=O)NC(C)C)c(=O)c2c(C)c(-n3nccn3)sc21. The second kappa shape index (κ2) is 9.85. The summed E-state index contributed by atoms with van der Waals surface area (Å²) in [6.07, 6.45) is 4.63. The van der Waals surface area contributed by atoms with Gasteiger partial charge in [0.2, 0.25) is 5.91 Å². The van der Waals surface area contributed by atoms with E-state index in [1.165, 1.54) is 21.7 Å². The molecular formula is C26H32N6O3S. The van der Waals surface area contributed by atoms with Gasteiger partial charge in [0, 0.05) is 18.2 Å². The van der Waals surface area contributed by atoms with Crippen LogP contribution in [0.2, 0.25) is 0 Å². The largest absolute Gasteiger partial charge is 0.352 e. The average Bonchev–Trinajstić information content (AvgIpc) is 3.46. The molecule has 1 N–H and O–H groups in total. The number of rotatable bonds is 8. The first-order chi connectivity index (χ1) is 17.1. The molecule has 10 heteroatoms. The molecule has 1 aromatic carbocycles. The van der Waals surface area contributed by atoms with Crippen molar-refractivity contribution in [3.63, 3.8) is 0 Å². The van der Waals surface area contributed by atoms with Crippen molar-refractivity contribution in [3.05, 3.63) is 74.2 Å². The number of nitrogens with zero attached hydrogens (tertiary/aromatic N) is 5. The van der Waals surface area contributed by atoms with E-state index in [-0.39, 0.29) is 11.9 Å². The Morgan fingerprint density at radius 3 is 2.36 bits per heavy atom. The Labute approximate surface area is 213 Å². The Morgan fingerprint density at radius 2 is 1.75 bits per heavy atom. The van der Waals surface area contributed by atoms with Crippen molar-refractivity contribution >= 4 is 27.5 Å². The second-order valence-electron chi connectivity index (χ2n) is 9.67. The summed E-state index contributed by atoms with van der Waals surface area (Å²) in [5.41, 5.74) is 0.650. The molecule has 0 spiro atoms. The minimum absolute atomic E-state index is 0.135. The van der Waals surface area contributed by atoms with Crippen molar-refractivity contribution in [2.24, 2.45) is 0 Å². The number of carbonyl (C=O) groups is 1. The number of aromatic nitrogens is 5. The standard InChI is InChI=1S/C26H32N6O3S/c1-7-18-10-8-9-11-19(18)12-15-30-23-20(17(4)22(36-23)32-27-13-14-28-32)21(33)31(25(30)35)26(5,6)24(34)29-16(2)3/h8-11,13-14,16H,7,12,15H2,1-6H3,(H,29,34). The Kier molecular flexibility index (Phi) is 6.99. The molecule has 9 nitrogen and oxygen atoms in total. The van der Waals surface area contributed by atoms with Crippen LogP contribution in [0.1, 0.15) is 51.3 Å². The zero-order chi connectivity index (χ0) is 26.2. The lowest BCUT2D eigenvalue weighted by Gasteiger charge is -2.27. The van der Waals surface area contributed by atoms with Crippen molar-refractivity contribution in [3.8, 4) is 5.00 Å². The highest BCUT2D eigenvalue weighted by Gasteiger charge is 2.35. The first-order valence-corrected chi connectivity index (χ1v) is 12.9. The van der Waals surface area contributed by atoms with Crippen LogP contribution < -0.4 is 16.6 Å². The van der Waals surface area contributed by atoms with Crippen LogP contribution >= 0.6 is 11.3 Å². The minimum atomic E-state index is -1.39. The second-order valence-corrected chi connectivity index (χ2v) is 10.6. The van der Waals surface area contributed by atoms with E-state index in [2.05, 4.69) is 34.6 Å². The van der Waals surface area contributed by atoms with Crippen molar-refractivity contribution < 1.29 is 4.79 Å². The summed E-state index contributed by atoms with van der Waals surface area (Å²) in [4.78, 5) is 42.9. The van der Waals surface area contributed by atoms with Gasteiger partial charge in [0.15, 0.2) is 0 Å². The Hall–Kier alpha value is -3.53. The number of fused-ring (bicyclic) bond motifs is 1. The topological polar surface area (TPSA) is 104 Å². The number of benzene rings is 1. The molecule has 0 radical (unpaired) electrons. The fourth-order valence-corrected chi connectivity index (χ4v) is 5.69. The molecule has 0 atom stereocenters. The fourth-order valence-electron chi connectivity index (χ4n) is 4.46. The number of amides is 1. The molecule has 0 fully saturated rings. The summed E-state index contributed by atoms with van der Waals surface area (Å²) in [6, 6.07) is 8.02. The van der Waals surface area contributed by atoms with Crippen LogP contribution in [0.4, 0.5) is 0 Å². The molecule has 0 aliphatic heterocycles. The zero-order valence-corrected chi connectivity index (χ0v) is 22.3. The van der Waals surface area contributed by atoms with Gasteiger partial charge < -0.3 is 5.32 Å². The third-order valence-electron chi connectivity index (χ3n) is 6.43. The van der Waals surface area contributed by atoms with E-state index in [0.717, 1.165) is 16.6 Å². The van der Waals surface area contributed by atoms with Gasteiger partial charge in [-0.3, -0.25) is 14.2 Å². The van der Waals surface area contributed by atoms with Gasteiger partial charge in [-0.25, -0.2) is 9.36 Å². The monoisotopic (exact) mass is 508 g/mol. The predicted molar refractivity (Wildman–Crippen MR) is 142 cm³/mol. The molecule has 3 heterocycles. The molecule has 0 aliphatic carbocycles. The third-order valence-corrected chi connectivity index (χ3v) is 7.71. The van der Waals surface area contributed by atoms with Gasteiger partial charge in [-0.05, 0) is 58.6 Å². The number of carbonyl (C=O) groups excluding carboxylic acids is 1. The average molecular weight is 509 g/mol. The van der Waals surface area contributed by atoms with Gasteiger partial charge >= 0.3 is 5.69 Å². The van der Waals surface area contributed by atoms with Crippen LogP contribution in [0, 0.1) is 6.92 Å². The summed E-state index contributed by atoms with van der Waals surface area (Å²) in [7, 11) is 0. The van der Waals surface area contributed by atoms with Crippen molar-refractivity contribution in [1.29, 1.82) is 0 Å². The molecule has 1 amide bonds. The predicted octanol–water partition coefficient (Wildman–Crippen LogP) is 3.18. The van der Waals surface area contributed by atoms with E-state index < -0.39 is 16.8 Å². The van der Waals surface area contributed by atoms with E-state index in [1.54, 1.807) is 30.8 Å². The number of aryl methyl sites for hydroxylation is 4. The van der Waals surface area contributed by atoms with Crippen LogP contribution in [0.15, 0.2) is 46.2 Å². The van der Waals surface area contributed by atoms with Crippen LogP contribution in [0.3, 0.4) is 0 Å². The molecule has 0 aliphatic rings. The normalized spacial score (nSPS) is 12.0. The summed E-state index contributed by atoms with van der Waals surface area (Å²) in [5, 5.41) is 12.4. The van der Waals surface area contributed by atoms with Crippen LogP contribution in [0.25, 0.3) is 15.2 Å². The summed E-state index contributed by atoms with van der Waals surface area (Å²) in [6.45, 7) is 11.2. The van der Waals surface area contributed by atoms with Gasteiger partial charge in [0.25, 0.3) is 5.56 Å². The molecule has 4 aromatic rings. The van der Waals surface area contributed by atoms with E-state index >= 15 is 0 Å². The highest BCUT2D eigenvalue weighted by Crippen LogP contribution is 2.31. The van der Waals surface area contributed by atoms with Crippen LogP contribution in [0.5, 0.6) is 0 Å². The van der Waals surface area contributed by atoms with Crippen LogP contribution in [-0.2, 0) is 29.7 Å². The molecular weight excluding hydrogens is 476 g/mol. The van der Waals surface area contributed by atoms with Crippen molar-refractivity contribution in [2.45, 2.75) is 72.5 Å². The Bertz CT molecular complexity index is 1530. The minimum Gasteiger partial charge on any atom is -0.352 e. The fraction of sp³-hybridized carbons (Fsp3) is 0.423. The highest BCUT2D eigenvalue weighted by atomic mass is 32.1. The number of thiophene rings is 1. The van der Waals surface area contributed by atoms with Gasteiger partial charge in [-0.2, -0.15) is 10.2 Å². The van der Waals surface area contributed by atoms with Gasteiger partial charge in [0.1, 0.15) is 15.4 Å². The molecule has 0 unspecified atom stereocenters. The summed E-state index contributed by atoms with van der Waals surface area (Å²) >= 11 is 1.31. The highest BCUT2D eigenvalue weighted by molar-refractivity contribution is 7.21. The Balaban J connectivity index is 1.97. The lowest BCUT2D eigenvalue weighted by Crippen LogP contribution is -2.56. The van der Waals surface area contributed by atoms with Crippen molar-refractivity contribution in [2.75, 3.05) is 0 Å².